The maximum atomic E-state index is 10.1. The van der Waals surface area contributed by atoms with Crippen LogP contribution in [0.1, 0.15) is 19.3 Å². The van der Waals surface area contributed by atoms with Crippen LogP contribution in [0.15, 0.2) is 25.8 Å². The molecule has 0 aromatic carbocycles. The van der Waals surface area contributed by atoms with Crippen molar-refractivity contribution >= 4 is 11.9 Å². The summed E-state index contributed by atoms with van der Waals surface area (Å²) in [6, 6.07) is 0. The van der Waals surface area contributed by atoms with Crippen molar-refractivity contribution in [3.63, 3.8) is 0 Å². The number of aliphatic carboxylic acids is 1. The lowest BCUT2D eigenvalue weighted by molar-refractivity contribution is -0.136. The summed E-state index contributed by atoms with van der Waals surface area (Å²) in [5.41, 5.74) is 0. The van der Waals surface area contributed by atoms with Gasteiger partial charge in [-0.25, -0.2) is 0 Å². The predicted octanol–water partition coefficient (Wildman–Crippen LogP) is 1.35. The number of carbonyl (C=O) groups excluding carboxylic acids is 1. The first kappa shape index (κ1) is 14.9. The third-order valence-electron chi connectivity index (χ3n) is 1.22. The average molecular weight is 199 g/mol. The molecule has 1 rings (SSSR count). The van der Waals surface area contributed by atoms with E-state index in [0.29, 0.717) is 0 Å². The largest absolute Gasteiger partial charge is 0.481 e. The third kappa shape index (κ3) is 13.0. The fraction of sp³-hybridized carbons (Fsp3) is 0.400. The van der Waals surface area contributed by atoms with Crippen LogP contribution < -0.4 is 5.32 Å². The summed E-state index contributed by atoms with van der Waals surface area (Å²) in [5.74, 6) is -0.625. The Kier molecular flexibility index (Phi) is 12.2. The van der Waals surface area contributed by atoms with E-state index < -0.39 is 5.97 Å². The fourth-order valence-corrected chi connectivity index (χ4v) is 0.689. The Bertz CT molecular complexity index is 182. The zero-order valence-corrected chi connectivity index (χ0v) is 8.29. The molecule has 1 heterocycles. The molecular weight excluding hydrogens is 182 g/mol. The summed E-state index contributed by atoms with van der Waals surface area (Å²) >= 11 is 0. The van der Waals surface area contributed by atoms with Gasteiger partial charge >= 0.3 is 5.97 Å². The van der Waals surface area contributed by atoms with Gasteiger partial charge in [0, 0.05) is 13.0 Å². The van der Waals surface area contributed by atoms with Gasteiger partial charge in [0.25, 0.3) is 0 Å². The van der Waals surface area contributed by atoms with E-state index in [2.05, 4.69) is 25.1 Å². The SMILES string of the molecule is C=C.C=CCC(=O)O.O=C1CCCN1. The second kappa shape index (κ2) is 11.4. The van der Waals surface area contributed by atoms with Gasteiger partial charge in [-0.3, -0.25) is 9.59 Å². The number of carbonyl (C=O) groups is 2. The highest BCUT2D eigenvalue weighted by Crippen LogP contribution is 1.93. The average Bonchev–Trinajstić information content (AvgIpc) is 2.60. The molecule has 2 N–H and O–H groups in total. The number of carboxylic acid groups (broad SMARTS) is 1. The Labute approximate surface area is 84.3 Å². The van der Waals surface area contributed by atoms with E-state index in [1.165, 1.54) is 6.08 Å². The summed E-state index contributed by atoms with van der Waals surface area (Å²) in [5, 5.41) is 10.5. The zero-order valence-electron chi connectivity index (χ0n) is 8.29. The van der Waals surface area contributed by atoms with Crippen LogP contribution in [0.3, 0.4) is 0 Å². The molecule has 0 saturated carbocycles. The second-order valence-corrected chi connectivity index (χ2v) is 2.34. The number of nitrogens with one attached hydrogen (secondary N) is 1. The molecule has 0 aliphatic carbocycles. The molecule has 1 saturated heterocycles. The normalized spacial score (nSPS) is 12.4. The molecule has 1 aliphatic heterocycles. The number of hydrogen-bond donors (Lipinski definition) is 2. The van der Waals surface area contributed by atoms with E-state index in [-0.39, 0.29) is 12.3 Å². The molecule has 0 aromatic rings. The minimum Gasteiger partial charge on any atom is -0.481 e. The second-order valence-electron chi connectivity index (χ2n) is 2.34. The van der Waals surface area contributed by atoms with Crippen molar-refractivity contribution in [1.29, 1.82) is 0 Å². The van der Waals surface area contributed by atoms with Crippen LogP contribution in [-0.4, -0.2) is 23.5 Å². The lowest BCUT2D eigenvalue weighted by Gasteiger charge is -1.80. The third-order valence-corrected chi connectivity index (χ3v) is 1.22. The Morgan fingerprint density at radius 1 is 1.57 bits per heavy atom. The fourth-order valence-electron chi connectivity index (χ4n) is 0.689. The number of carboxylic acids is 1. The van der Waals surface area contributed by atoms with Gasteiger partial charge in [-0.1, -0.05) is 6.08 Å². The molecule has 1 aliphatic rings. The Balaban J connectivity index is 0. The zero-order chi connectivity index (χ0) is 11.4. The molecule has 0 spiro atoms. The molecule has 0 unspecified atom stereocenters. The van der Waals surface area contributed by atoms with Crippen LogP contribution >= 0.6 is 0 Å². The molecule has 0 aromatic heterocycles. The Hall–Kier alpha value is -1.58. The lowest BCUT2D eigenvalue weighted by atomic mass is 10.4. The molecule has 0 atom stereocenters. The summed E-state index contributed by atoms with van der Waals surface area (Å²) in [6.45, 7) is 10.1. The molecule has 80 valence electrons. The number of rotatable bonds is 2. The minimum atomic E-state index is -0.829. The van der Waals surface area contributed by atoms with Crippen LogP contribution in [0, 0.1) is 0 Å². The standard InChI is InChI=1S/C4H7NO.C4H6O2.C2H4/c6-4-2-1-3-5-4;1-2-3-4(5)6;1-2/h1-3H2,(H,5,6);2H,1,3H2,(H,5,6);1-2H2. The molecule has 4 nitrogen and oxygen atoms in total. The van der Waals surface area contributed by atoms with Gasteiger partial charge in [-0.2, -0.15) is 0 Å². The van der Waals surface area contributed by atoms with Gasteiger partial charge in [0.15, 0.2) is 0 Å². The molecule has 0 radical (unpaired) electrons. The van der Waals surface area contributed by atoms with Gasteiger partial charge in [-0.05, 0) is 6.42 Å². The van der Waals surface area contributed by atoms with E-state index in [9.17, 15) is 9.59 Å². The topological polar surface area (TPSA) is 66.4 Å². The van der Waals surface area contributed by atoms with Gasteiger partial charge < -0.3 is 10.4 Å². The molecular formula is C10H17NO3. The smallest absolute Gasteiger partial charge is 0.307 e. The van der Waals surface area contributed by atoms with Crippen molar-refractivity contribution in [2.24, 2.45) is 0 Å². The summed E-state index contributed by atoms with van der Waals surface area (Å²) in [6.07, 6.45) is 3.17. The molecule has 14 heavy (non-hydrogen) atoms. The highest BCUT2D eigenvalue weighted by molar-refractivity contribution is 5.77. The summed E-state index contributed by atoms with van der Waals surface area (Å²) in [7, 11) is 0. The van der Waals surface area contributed by atoms with Crippen LogP contribution in [0.4, 0.5) is 0 Å². The number of amides is 1. The molecule has 4 heteroatoms. The van der Waals surface area contributed by atoms with Crippen molar-refractivity contribution in [2.45, 2.75) is 19.3 Å². The van der Waals surface area contributed by atoms with E-state index in [0.717, 1.165) is 19.4 Å². The Morgan fingerprint density at radius 2 is 2.14 bits per heavy atom. The van der Waals surface area contributed by atoms with E-state index in [4.69, 9.17) is 5.11 Å². The quantitative estimate of drug-likeness (QED) is 0.659. The van der Waals surface area contributed by atoms with Gasteiger partial charge in [-0.15, -0.1) is 19.7 Å². The summed E-state index contributed by atoms with van der Waals surface area (Å²) in [4.78, 5) is 19.7. The van der Waals surface area contributed by atoms with E-state index in [1.54, 1.807) is 0 Å². The first-order valence-corrected chi connectivity index (χ1v) is 4.26. The van der Waals surface area contributed by atoms with Gasteiger partial charge in [0.05, 0.1) is 6.42 Å². The van der Waals surface area contributed by atoms with Crippen LogP contribution in [0.25, 0.3) is 0 Å². The highest BCUT2D eigenvalue weighted by Gasteiger charge is 2.05. The first-order chi connectivity index (χ1) is 6.66. The van der Waals surface area contributed by atoms with Crippen molar-refractivity contribution in [3.8, 4) is 0 Å². The number of hydrogen-bond acceptors (Lipinski definition) is 2. The minimum absolute atomic E-state index is 0.0556. The van der Waals surface area contributed by atoms with Crippen molar-refractivity contribution < 1.29 is 14.7 Å². The molecule has 1 fully saturated rings. The highest BCUT2D eigenvalue weighted by atomic mass is 16.4. The monoisotopic (exact) mass is 199 g/mol. The molecule has 1 amide bonds. The van der Waals surface area contributed by atoms with Crippen molar-refractivity contribution in [1.82, 2.24) is 5.32 Å². The van der Waals surface area contributed by atoms with Crippen LogP contribution in [0.2, 0.25) is 0 Å². The van der Waals surface area contributed by atoms with Crippen molar-refractivity contribution in [2.75, 3.05) is 6.54 Å². The maximum absolute atomic E-state index is 10.1. The molecule has 0 bridgehead atoms. The first-order valence-electron chi connectivity index (χ1n) is 4.26. The van der Waals surface area contributed by atoms with E-state index in [1.807, 2.05) is 0 Å². The van der Waals surface area contributed by atoms with Crippen LogP contribution in [0.5, 0.6) is 0 Å². The summed E-state index contributed by atoms with van der Waals surface area (Å²) < 4.78 is 0. The predicted molar refractivity (Wildman–Crippen MR) is 55.9 cm³/mol. The van der Waals surface area contributed by atoms with E-state index >= 15 is 0 Å². The lowest BCUT2D eigenvalue weighted by Crippen LogP contribution is -2.12. The van der Waals surface area contributed by atoms with Crippen molar-refractivity contribution in [3.05, 3.63) is 25.8 Å². The maximum Gasteiger partial charge on any atom is 0.307 e. The Morgan fingerprint density at radius 3 is 2.21 bits per heavy atom. The van der Waals surface area contributed by atoms with Gasteiger partial charge in [0.1, 0.15) is 0 Å². The van der Waals surface area contributed by atoms with Gasteiger partial charge in [0.2, 0.25) is 5.91 Å². The van der Waals surface area contributed by atoms with Crippen LogP contribution in [-0.2, 0) is 9.59 Å².